The second-order valence-corrected chi connectivity index (χ2v) is 4.22. The van der Waals surface area contributed by atoms with Crippen molar-refractivity contribution in [3.8, 4) is 6.07 Å². The van der Waals surface area contributed by atoms with Crippen LogP contribution in [0.4, 0.5) is 0 Å². The number of nitriles is 1. The van der Waals surface area contributed by atoms with Crippen molar-refractivity contribution in [2.24, 2.45) is 17.6 Å². The van der Waals surface area contributed by atoms with E-state index in [1.807, 2.05) is 6.92 Å². The molecule has 1 saturated heterocycles. The SMILES string of the molecule is CC(C#N)CN1CCC(C)C(N)C1. The lowest BCUT2D eigenvalue weighted by molar-refractivity contribution is 0.159. The standard InChI is InChI=1S/C10H19N3/c1-8(5-11)6-13-4-3-9(2)10(12)7-13/h8-10H,3-4,6-7,12H2,1-2H3. The first kappa shape index (κ1) is 10.5. The molecule has 0 saturated carbocycles. The Balaban J connectivity index is 2.34. The molecule has 74 valence electrons. The van der Waals surface area contributed by atoms with Gasteiger partial charge in [-0.1, -0.05) is 6.92 Å². The molecule has 0 amide bonds. The third-order valence-electron chi connectivity index (χ3n) is 2.85. The van der Waals surface area contributed by atoms with Crippen LogP contribution in [0.15, 0.2) is 0 Å². The highest BCUT2D eigenvalue weighted by Crippen LogP contribution is 2.16. The lowest BCUT2D eigenvalue weighted by Crippen LogP contribution is -2.48. The van der Waals surface area contributed by atoms with Crippen molar-refractivity contribution in [3.05, 3.63) is 0 Å². The van der Waals surface area contributed by atoms with Crippen LogP contribution < -0.4 is 5.73 Å². The van der Waals surface area contributed by atoms with Crippen LogP contribution in [0, 0.1) is 23.2 Å². The first-order chi connectivity index (χ1) is 6.13. The van der Waals surface area contributed by atoms with Gasteiger partial charge < -0.3 is 10.6 Å². The number of hydrogen-bond acceptors (Lipinski definition) is 3. The summed E-state index contributed by atoms with van der Waals surface area (Å²) in [6.45, 7) is 7.09. The second-order valence-electron chi connectivity index (χ2n) is 4.22. The second kappa shape index (κ2) is 4.59. The van der Waals surface area contributed by atoms with Gasteiger partial charge in [0.05, 0.1) is 12.0 Å². The Morgan fingerprint density at radius 3 is 2.92 bits per heavy atom. The molecule has 1 aliphatic rings. The van der Waals surface area contributed by atoms with Crippen LogP contribution in [0.5, 0.6) is 0 Å². The Labute approximate surface area is 80.5 Å². The zero-order chi connectivity index (χ0) is 9.84. The van der Waals surface area contributed by atoms with Gasteiger partial charge in [0.2, 0.25) is 0 Å². The Morgan fingerprint density at radius 1 is 1.69 bits per heavy atom. The van der Waals surface area contributed by atoms with Crippen LogP contribution in [0.2, 0.25) is 0 Å². The minimum atomic E-state index is 0.126. The van der Waals surface area contributed by atoms with E-state index < -0.39 is 0 Å². The third kappa shape index (κ3) is 2.98. The third-order valence-corrected chi connectivity index (χ3v) is 2.85. The maximum Gasteiger partial charge on any atom is 0.0666 e. The molecule has 0 bridgehead atoms. The van der Waals surface area contributed by atoms with Crippen molar-refractivity contribution < 1.29 is 0 Å². The molecule has 1 heterocycles. The van der Waals surface area contributed by atoms with Crippen LogP contribution in [-0.4, -0.2) is 30.6 Å². The normalized spacial score (nSPS) is 32.5. The van der Waals surface area contributed by atoms with Gasteiger partial charge in [0.25, 0.3) is 0 Å². The fourth-order valence-electron chi connectivity index (χ4n) is 1.76. The van der Waals surface area contributed by atoms with Gasteiger partial charge in [0, 0.05) is 19.1 Å². The van der Waals surface area contributed by atoms with Crippen LogP contribution in [0.3, 0.4) is 0 Å². The molecule has 0 aromatic rings. The molecule has 0 aromatic heterocycles. The maximum atomic E-state index is 8.68. The lowest BCUT2D eigenvalue weighted by Gasteiger charge is -2.35. The van der Waals surface area contributed by atoms with E-state index in [2.05, 4.69) is 17.9 Å². The largest absolute Gasteiger partial charge is 0.326 e. The van der Waals surface area contributed by atoms with Crippen molar-refractivity contribution in [3.63, 3.8) is 0 Å². The molecule has 1 aliphatic heterocycles. The van der Waals surface area contributed by atoms with Gasteiger partial charge in [-0.05, 0) is 25.8 Å². The van der Waals surface area contributed by atoms with E-state index in [4.69, 9.17) is 11.0 Å². The van der Waals surface area contributed by atoms with Crippen molar-refractivity contribution >= 4 is 0 Å². The smallest absolute Gasteiger partial charge is 0.0666 e. The van der Waals surface area contributed by atoms with Gasteiger partial charge in [-0.2, -0.15) is 5.26 Å². The molecule has 3 nitrogen and oxygen atoms in total. The first-order valence-electron chi connectivity index (χ1n) is 5.01. The molecule has 3 heteroatoms. The van der Waals surface area contributed by atoms with Crippen molar-refractivity contribution in [1.82, 2.24) is 4.90 Å². The monoisotopic (exact) mass is 181 g/mol. The fourth-order valence-corrected chi connectivity index (χ4v) is 1.76. The van der Waals surface area contributed by atoms with Crippen molar-refractivity contribution in [2.45, 2.75) is 26.3 Å². The molecule has 1 fully saturated rings. The molecule has 13 heavy (non-hydrogen) atoms. The fraction of sp³-hybridized carbons (Fsp3) is 0.900. The molecule has 0 radical (unpaired) electrons. The molecule has 0 aromatic carbocycles. The Morgan fingerprint density at radius 2 is 2.38 bits per heavy atom. The minimum Gasteiger partial charge on any atom is -0.326 e. The van der Waals surface area contributed by atoms with E-state index in [-0.39, 0.29) is 5.92 Å². The minimum absolute atomic E-state index is 0.126. The van der Waals surface area contributed by atoms with Crippen molar-refractivity contribution in [1.29, 1.82) is 5.26 Å². The molecular weight excluding hydrogens is 162 g/mol. The Bertz CT molecular complexity index is 197. The van der Waals surface area contributed by atoms with Gasteiger partial charge in [0.15, 0.2) is 0 Å². The van der Waals surface area contributed by atoms with Gasteiger partial charge >= 0.3 is 0 Å². The molecule has 0 aliphatic carbocycles. The summed E-state index contributed by atoms with van der Waals surface area (Å²) in [7, 11) is 0. The van der Waals surface area contributed by atoms with Crippen LogP contribution >= 0.6 is 0 Å². The number of rotatable bonds is 2. The summed E-state index contributed by atoms with van der Waals surface area (Å²) in [5, 5.41) is 8.68. The summed E-state index contributed by atoms with van der Waals surface area (Å²) in [6, 6.07) is 2.55. The average Bonchev–Trinajstić information content (AvgIpc) is 2.11. The average molecular weight is 181 g/mol. The topological polar surface area (TPSA) is 53.0 Å². The zero-order valence-electron chi connectivity index (χ0n) is 8.53. The van der Waals surface area contributed by atoms with E-state index in [0.29, 0.717) is 12.0 Å². The summed E-state index contributed by atoms with van der Waals surface area (Å²) >= 11 is 0. The van der Waals surface area contributed by atoms with E-state index >= 15 is 0 Å². The van der Waals surface area contributed by atoms with E-state index in [0.717, 1.165) is 19.6 Å². The summed E-state index contributed by atoms with van der Waals surface area (Å²) in [4.78, 5) is 2.30. The summed E-state index contributed by atoms with van der Waals surface area (Å²) in [5.41, 5.74) is 5.96. The quantitative estimate of drug-likeness (QED) is 0.686. The van der Waals surface area contributed by atoms with Crippen LogP contribution in [-0.2, 0) is 0 Å². The zero-order valence-corrected chi connectivity index (χ0v) is 8.53. The van der Waals surface area contributed by atoms with Gasteiger partial charge in [-0.25, -0.2) is 0 Å². The van der Waals surface area contributed by atoms with Crippen LogP contribution in [0.1, 0.15) is 20.3 Å². The summed E-state index contributed by atoms with van der Waals surface area (Å²) < 4.78 is 0. The van der Waals surface area contributed by atoms with E-state index in [1.165, 1.54) is 6.42 Å². The number of hydrogen-bond donors (Lipinski definition) is 1. The molecule has 0 spiro atoms. The van der Waals surface area contributed by atoms with Gasteiger partial charge in [-0.3, -0.25) is 0 Å². The van der Waals surface area contributed by atoms with Crippen molar-refractivity contribution in [2.75, 3.05) is 19.6 Å². The van der Waals surface area contributed by atoms with Crippen LogP contribution in [0.25, 0.3) is 0 Å². The Hall–Kier alpha value is -0.590. The molecular formula is C10H19N3. The number of nitrogens with zero attached hydrogens (tertiary/aromatic N) is 2. The van der Waals surface area contributed by atoms with E-state index in [9.17, 15) is 0 Å². The Kier molecular flexibility index (Phi) is 3.71. The highest BCUT2D eigenvalue weighted by molar-refractivity contribution is 4.86. The summed E-state index contributed by atoms with van der Waals surface area (Å²) in [5.74, 6) is 0.759. The van der Waals surface area contributed by atoms with Gasteiger partial charge in [-0.15, -0.1) is 0 Å². The predicted molar refractivity (Wildman–Crippen MR) is 53.0 cm³/mol. The number of likely N-dealkylation sites (tertiary alicyclic amines) is 1. The number of piperidine rings is 1. The van der Waals surface area contributed by atoms with E-state index in [1.54, 1.807) is 0 Å². The lowest BCUT2D eigenvalue weighted by atomic mass is 9.94. The predicted octanol–water partition coefficient (Wildman–Crippen LogP) is 0.815. The highest BCUT2D eigenvalue weighted by atomic mass is 15.1. The molecule has 1 rings (SSSR count). The summed E-state index contributed by atoms with van der Waals surface area (Å²) in [6.07, 6.45) is 1.17. The highest BCUT2D eigenvalue weighted by Gasteiger charge is 2.23. The molecule has 3 unspecified atom stereocenters. The first-order valence-corrected chi connectivity index (χ1v) is 5.01. The maximum absolute atomic E-state index is 8.68. The molecule has 3 atom stereocenters. The molecule has 2 N–H and O–H groups in total. The van der Waals surface area contributed by atoms with Gasteiger partial charge in [0.1, 0.15) is 0 Å². The number of nitrogens with two attached hydrogens (primary N) is 1.